The highest BCUT2D eigenvalue weighted by Gasteiger charge is 2.32. The van der Waals surface area contributed by atoms with Gasteiger partial charge in [0.15, 0.2) is 0 Å². The van der Waals surface area contributed by atoms with Gasteiger partial charge in [0.25, 0.3) is 0 Å². The molecule has 0 spiro atoms. The zero-order valence-electron chi connectivity index (χ0n) is 10.5. The van der Waals surface area contributed by atoms with Crippen molar-refractivity contribution in [3.63, 3.8) is 0 Å². The van der Waals surface area contributed by atoms with E-state index >= 15 is 0 Å². The molecule has 1 atom stereocenters. The van der Waals surface area contributed by atoms with Crippen LogP contribution in [0.4, 0.5) is 0 Å². The predicted molar refractivity (Wildman–Crippen MR) is 64.0 cm³/mol. The molecular formula is C12H26N2O. The van der Waals surface area contributed by atoms with Crippen molar-refractivity contribution in [3.8, 4) is 0 Å². The topological polar surface area (TPSA) is 38.5 Å². The second-order valence-corrected chi connectivity index (χ2v) is 4.91. The molecule has 1 aliphatic rings. The summed E-state index contributed by atoms with van der Waals surface area (Å²) >= 11 is 0. The van der Waals surface area contributed by atoms with Gasteiger partial charge in [-0.3, -0.25) is 0 Å². The Balaban J connectivity index is 2.56. The average molecular weight is 214 g/mol. The number of likely N-dealkylation sites (tertiary alicyclic amines) is 1. The Morgan fingerprint density at radius 1 is 1.33 bits per heavy atom. The van der Waals surface area contributed by atoms with Crippen LogP contribution in [-0.4, -0.2) is 43.3 Å². The van der Waals surface area contributed by atoms with Gasteiger partial charge in [-0.25, -0.2) is 0 Å². The molecule has 0 aromatic carbocycles. The van der Waals surface area contributed by atoms with Gasteiger partial charge in [-0.05, 0) is 52.6 Å². The molecule has 15 heavy (non-hydrogen) atoms. The maximum Gasteiger partial charge on any atom is 0.0703 e. The van der Waals surface area contributed by atoms with Gasteiger partial charge in [-0.1, -0.05) is 0 Å². The van der Waals surface area contributed by atoms with Crippen LogP contribution in [0.1, 0.15) is 39.5 Å². The van der Waals surface area contributed by atoms with Crippen molar-refractivity contribution < 1.29 is 4.74 Å². The van der Waals surface area contributed by atoms with Crippen molar-refractivity contribution in [3.05, 3.63) is 0 Å². The highest BCUT2D eigenvalue weighted by atomic mass is 16.5. The first-order chi connectivity index (χ1) is 7.13. The fourth-order valence-electron chi connectivity index (χ4n) is 2.52. The van der Waals surface area contributed by atoms with Crippen molar-refractivity contribution >= 4 is 0 Å². The first kappa shape index (κ1) is 12.9. The molecule has 1 saturated heterocycles. The summed E-state index contributed by atoms with van der Waals surface area (Å²) in [5.41, 5.74) is 5.73. The molecule has 0 saturated carbocycles. The number of nitrogens with zero attached hydrogens (tertiary/aromatic N) is 1. The molecule has 3 heteroatoms. The molecular weight excluding hydrogens is 188 g/mol. The normalized spacial score (nSPS) is 29.4. The summed E-state index contributed by atoms with van der Waals surface area (Å²) in [6.45, 7) is 7.61. The Hall–Kier alpha value is -0.120. The Morgan fingerprint density at radius 3 is 2.60 bits per heavy atom. The average Bonchev–Trinajstić information content (AvgIpc) is 2.42. The lowest BCUT2D eigenvalue weighted by Crippen LogP contribution is -2.37. The highest BCUT2D eigenvalue weighted by molar-refractivity contribution is 4.86. The minimum atomic E-state index is 0.0540. The van der Waals surface area contributed by atoms with Crippen LogP contribution in [0.3, 0.4) is 0 Å². The fraction of sp³-hybridized carbons (Fsp3) is 1.00. The van der Waals surface area contributed by atoms with Gasteiger partial charge >= 0.3 is 0 Å². The second-order valence-electron chi connectivity index (χ2n) is 4.91. The van der Waals surface area contributed by atoms with E-state index in [1.54, 1.807) is 0 Å². The van der Waals surface area contributed by atoms with E-state index in [2.05, 4.69) is 18.7 Å². The number of rotatable bonds is 4. The van der Waals surface area contributed by atoms with Crippen LogP contribution in [0.15, 0.2) is 0 Å². The molecule has 0 aliphatic carbocycles. The van der Waals surface area contributed by atoms with E-state index in [9.17, 15) is 0 Å². The van der Waals surface area contributed by atoms with E-state index in [0.717, 1.165) is 32.4 Å². The van der Waals surface area contributed by atoms with Gasteiger partial charge in [0.05, 0.1) is 5.60 Å². The molecule has 0 radical (unpaired) electrons. The minimum Gasteiger partial charge on any atom is -0.378 e. The maximum absolute atomic E-state index is 5.72. The van der Waals surface area contributed by atoms with Crippen molar-refractivity contribution in [1.29, 1.82) is 0 Å². The molecule has 1 unspecified atom stereocenters. The van der Waals surface area contributed by atoms with Crippen LogP contribution in [-0.2, 0) is 4.74 Å². The van der Waals surface area contributed by atoms with Crippen molar-refractivity contribution in [2.75, 3.05) is 26.7 Å². The second kappa shape index (κ2) is 5.83. The number of hydrogen-bond acceptors (Lipinski definition) is 3. The molecule has 1 aliphatic heterocycles. The molecule has 0 bridgehead atoms. The first-order valence-electron chi connectivity index (χ1n) is 6.13. The van der Waals surface area contributed by atoms with Gasteiger partial charge in [0.1, 0.15) is 0 Å². The summed E-state index contributed by atoms with van der Waals surface area (Å²) in [4.78, 5) is 2.54. The molecule has 90 valence electrons. The molecule has 3 nitrogen and oxygen atoms in total. The lowest BCUT2D eigenvalue weighted by molar-refractivity contribution is -0.0272. The third kappa shape index (κ3) is 3.44. The summed E-state index contributed by atoms with van der Waals surface area (Å²) in [5.74, 6) is 0. The van der Waals surface area contributed by atoms with Crippen LogP contribution in [0, 0.1) is 0 Å². The zero-order valence-corrected chi connectivity index (χ0v) is 10.5. The van der Waals surface area contributed by atoms with Crippen LogP contribution < -0.4 is 5.73 Å². The van der Waals surface area contributed by atoms with E-state index in [-0.39, 0.29) is 5.60 Å². The number of methoxy groups -OCH3 is 1. The standard InChI is InChI=1S/C12H26N2O/c1-11(2)14-9-4-5-12(15-3,6-8-13)7-10-14/h11H,4-10,13H2,1-3H3. The number of nitrogens with two attached hydrogens (primary N) is 1. The SMILES string of the molecule is COC1(CCN)CCCN(C(C)C)CC1. The van der Waals surface area contributed by atoms with Crippen molar-refractivity contribution in [2.24, 2.45) is 5.73 Å². The van der Waals surface area contributed by atoms with Gasteiger partial charge in [0.2, 0.25) is 0 Å². The molecule has 0 aromatic heterocycles. The van der Waals surface area contributed by atoms with E-state index in [4.69, 9.17) is 10.5 Å². The molecule has 1 rings (SSSR count). The third-order valence-electron chi connectivity index (χ3n) is 3.70. The minimum absolute atomic E-state index is 0.0540. The van der Waals surface area contributed by atoms with E-state index < -0.39 is 0 Å². The summed E-state index contributed by atoms with van der Waals surface area (Å²) in [6.07, 6.45) is 4.50. The summed E-state index contributed by atoms with van der Waals surface area (Å²) in [7, 11) is 1.83. The van der Waals surface area contributed by atoms with Crippen molar-refractivity contribution in [2.45, 2.75) is 51.2 Å². The predicted octanol–water partition coefficient (Wildman–Crippen LogP) is 1.61. The molecule has 1 heterocycles. The van der Waals surface area contributed by atoms with E-state index in [1.807, 2.05) is 7.11 Å². The van der Waals surface area contributed by atoms with Gasteiger partial charge in [-0.15, -0.1) is 0 Å². The van der Waals surface area contributed by atoms with E-state index in [1.165, 1.54) is 13.0 Å². The fourth-order valence-corrected chi connectivity index (χ4v) is 2.52. The maximum atomic E-state index is 5.72. The van der Waals surface area contributed by atoms with Gasteiger partial charge < -0.3 is 15.4 Å². The van der Waals surface area contributed by atoms with Crippen LogP contribution in [0.5, 0.6) is 0 Å². The highest BCUT2D eigenvalue weighted by Crippen LogP contribution is 2.29. The van der Waals surface area contributed by atoms with Crippen molar-refractivity contribution in [1.82, 2.24) is 4.90 Å². The lowest BCUT2D eigenvalue weighted by Gasteiger charge is -2.31. The Bertz CT molecular complexity index is 184. The lowest BCUT2D eigenvalue weighted by atomic mass is 9.91. The van der Waals surface area contributed by atoms with Gasteiger partial charge in [-0.2, -0.15) is 0 Å². The van der Waals surface area contributed by atoms with Crippen LogP contribution in [0.2, 0.25) is 0 Å². The number of hydrogen-bond donors (Lipinski definition) is 1. The third-order valence-corrected chi connectivity index (χ3v) is 3.70. The number of ether oxygens (including phenoxy) is 1. The summed E-state index contributed by atoms with van der Waals surface area (Å²) < 4.78 is 5.72. The molecule has 0 aromatic rings. The molecule has 1 fully saturated rings. The molecule has 2 N–H and O–H groups in total. The first-order valence-corrected chi connectivity index (χ1v) is 6.13. The largest absolute Gasteiger partial charge is 0.378 e. The monoisotopic (exact) mass is 214 g/mol. The smallest absolute Gasteiger partial charge is 0.0703 e. The van der Waals surface area contributed by atoms with Gasteiger partial charge in [0, 0.05) is 19.7 Å². The summed E-state index contributed by atoms with van der Waals surface area (Å²) in [6, 6.07) is 0.649. The summed E-state index contributed by atoms with van der Waals surface area (Å²) in [5, 5.41) is 0. The van der Waals surface area contributed by atoms with Crippen LogP contribution >= 0.6 is 0 Å². The Kier molecular flexibility index (Phi) is 5.03. The Morgan fingerprint density at radius 2 is 2.07 bits per heavy atom. The molecule has 0 amide bonds. The Labute approximate surface area is 94.0 Å². The van der Waals surface area contributed by atoms with Crippen LogP contribution in [0.25, 0.3) is 0 Å². The zero-order chi connectivity index (χ0) is 11.3. The van der Waals surface area contributed by atoms with E-state index in [0.29, 0.717) is 6.04 Å². The quantitative estimate of drug-likeness (QED) is 0.773.